The summed E-state index contributed by atoms with van der Waals surface area (Å²) >= 11 is 0. The van der Waals surface area contributed by atoms with E-state index < -0.39 is 0 Å². The maximum absolute atomic E-state index is 10.4. The Kier molecular flexibility index (Phi) is 0.802. The second kappa shape index (κ2) is 1.59. The molecule has 2 rings (SSSR count). The van der Waals surface area contributed by atoms with Gasteiger partial charge in [0, 0.05) is 0 Å². The van der Waals surface area contributed by atoms with E-state index in [9.17, 15) is 5.21 Å². The van der Waals surface area contributed by atoms with Gasteiger partial charge >= 0.3 is 0 Å². The molecular weight excluding hydrogens is 136 g/mol. The normalized spacial score (nSPS) is 10.4. The Morgan fingerprint density at radius 3 is 3.40 bits per heavy atom. The Bertz CT molecular complexity index is 355. The topological polar surface area (TPSA) is 82.9 Å². The summed E-state index contributed by atoms with van der Waals surface area (Å²) in [7, 11) is 0. The van der Waals surface area contributed by atoms with Crippen LogP contribution in [0.4, 0.5) is 0 Å². The summed E-state index contributed by atoms with van der Waals surface area (Å²) in [6, 6.07) is 0. The maximum Gasteiger partial charge on any atom is 0.248 e. The van der Waals surface area contributed by atoms with Gasteiger partial charge in [0.05, 0.1) is 15.2 Å². The van der Waals surface area contributed by atoms with Crippen LogP contribution in [-0.2, 0) is 0 Å². The molecule has 10 heavy (non-hydrogen) atoms. The van der Waals surface area contributed by atoms with Crippen LogP contribution in [0.25, 0.3) is 5.65 Å². The minimum Gasteiger partial charge on any atom is -0.569 e. The van der Waals surface area contributed by atoms with E-state index in [-0.39, 0.29) is 4.96 Å². The molecule has 2 heterocycles. The third-order valence-corrected chi connectivity index (χ3v) is 1.00. The van der Waals surface area contributed by atoms with Crippen LogP contribution in [0.5, 0.6) is 0 Å². The molecule has 7 heteroatoms. The Hall–Kier alpha value is -1.79. The van der Waals surface area contributed by atoms with Crippen molar-refractivity contribution < 1.29 is 4.96 Å². The lowest BCUT2D eigenvalue weighted by atomic mass is 10.8. The molecule has 0 bridgehead atoms. The van der Waals surface area contributed by atoms with E-state index in [0.717, 1.165) is 0 Å². The van der Waals surface area contributed by atoms with E-state index in [0.29, 0.717) is 5.65 Å². The lowest BCUT2D eigenvalue weighted by Crippen LogP contribution is -2.35. The lowest BCUT2D eigenvalue weighted by molar-refractivity contribution is -0.727. The van der Waals surface area contributed by atoms with Gasteiger partial charge in [-0.1, -0.05) is 5.21 Å². The first-order chi connectivity index (χ1) is 4.86. The first-order valence-electron chi connectivity index (χ1n) is 2.49. The summed E-state index contributed by atoms with van der Waals surface area (Å²) in [5.41, 5.74) is 0.380. The zero-order valence-corrected chi connectivity index (χ0v) is 4.75. The quantitative estimate of drug-likeness (QED) is 0.315. The standard InChI is InChI=1S/C3H2N6O/c10-9-5-2-8-3(6-9)1-4-7-8/h1-2H. The van der Waals surface area contributed by atoms with Gasteiger partial charge in [-0.3, -0.25) is 0 Å². The van der Waals surface area contributed by atoms with Gasteiger partial charge in [0.15, 0.2) is 6.33 Å². The molecule has 0 unspecified atom stereocenters. The van der Waals surface area contributed by atoms with E-state index in [1.54, 1.807) is 0 Å². The highest BCUT2D eigenvalue weighted by Crippen LogP contribution is 1.84. The van der Waals surface area contributed by atoms with E-state index >= 15 is 0 Å². The van der Waals surface area contributed by atoms with Crippen molar-refractivity contribution in [1.29, 1.82) is 0 Å². The molecule has 0 radical (unpaired) electrons. The number of hydrogen-bond donors (Lipinski definition) is 0. The van der Waals surface area contributed by atoms with Crippen LogP contribution in [0.3, 0.4) is 0 Å². The van der Waals surface area contributed by atoms with Crippen LogP contribution < -0.4 is 4.96 Å². The Balaban J connectivity index is 2.86. The summed E-state index contributed by atoms with van der Waals surface area (Å²) in [5.74, 6) is 0. The molecule has 7 nitrogen and oxygen atoms in total. The first-order valence-corrected chi connectivity index (χ1v) is 2.49. The molecule has 0 aliphatic rings. The van der Waals surface area contributed by atoms with E-state index in [1.165, 1.54) is 17.0 Å². The van der Waals surface area contributed by atoms with Crippen molar-refractivity contribution in [3.8, 4) is 0 Å². The van der Waals surface area contributed by atoms with Gasteiger partial charge in [-0.2, -0.15) is 4.52 Å². The highest BCUT2D eigenvalue weighted by molar-refractivity contribution is 5.27. The van der Waals surface area contributed by atoms with Crippen LogP contribution in [0, 0.1) is 5.21 Å². The van der Waals surface area contributed by atoms with Gasteiger partial charge in [0.2, 0.25) is 5.65 Å². The molecule has 0 amide bonds. The molecule has 0 spiro atoms. The van der Waals surface area contributed by atoms with Crippen molar-refractivity contribution in [3.63, 3.8) is 0 Å². The van der Waals surface area contributed by atoms with Gasteiger partial charge < -0.3 is 5.21 Å². The minimum absolute atomic E-state index is 0.207. The van der Waals surface area contributed by atoms with Crippen molar-refractivity contribution in [2.24, 2.45) is 0 Å². The molecule has 0 saturated heterocycles. The molecule has 0 aliphatic heterocycles. The highest BCUT2D eigenvalue weighted by atomic mass is 16.5. The smallest absolute Gasteiger partial charge is 0.248 e. The number of hydrogen-bond acceptors (Lipinski definition) is 5. The summed E-state index contributed by atoms with van der Waals surface area (Å²) in [6.07, 6.45) is 2.61. The molecular formula is C3H2N6O. The largest absolute Gasteiger partial charge is 0.569 e. The van der Waals surface area contributed by atoms with E-state index in [1.807, 2.05) is 0 Å². The van der Waals surface area contributed by atoms with E-state index in [2.05, 4.69) is 20.5 Å². The molecule has 2 aromatic rings. The zero-order chi connectivity index (χ0) is 6.97. The molecule has 0 atom stereocenters. The van der Waals surface area contributed by atoms with Gasteiger partial charge in [0.25, 0.3) is 0 Å². The van der Waals surface area contributed by atoms with Gasteiger partial charge in [-0.05, 0) is 0 Å². The summed E-state index contributed by atoms with van der Waals surface area (Å²) < 4.78 is 1.30. The van der Waals surface area contributed by atoms with Crippen molar-refractivity contribution in [2.75, 3.05) is 0 Å². The van der Waals surface area contributed by atoms with Crippen LogP contribution in [-0.4, -0.2) is 25.0 Å². The van der Waals surface area contributed by atoms with E-state index in [4.69, 9.17) is 0 Å². The van der Waals surface area contributed by atoms with Crippen molar-refractivity contribution >= 4 is 5.65 Å². The molecule has 0 fully saturated rings. The summed E-state index contributed by atoms with van der Waals surface area (Å²) in [4.78, 5) is 0.207. The number of aromatic nitrogens is 6. The first kappa shape index (κ1) is 5.03. The van der Waals surface area contributed by atoms with Crippen molar-refractivity contribution in [3.05, 3.63) is 17.7 Å². The summed E-state index contributed by atoms with van der Waals surface area (Å²) in [5, 5.41) is 24.2. The summed E-state index contributed by atoms with van der Waals surface area (Å²) in [6.45, 7) is 0. The van der Waals surface area contributed by atoms with Gasteiger partial charge in [-0.15, -0.1) is 5.10 Å². The molecule has 50 valence electrons. The second-order valence-electron chi connectivity index (χ2n) is 1.62. The fourth-order valence-corrected chi connectivity index (χ4v) is 0.599. The Morgan fingerprint density at radius 1 is 1.60 bits per heavy atom. The van der Waals surface area contributed by atoms with Crippen molar-refractivity contribution in [1.82, 2.24) is 25.0 Å². The molecule has 0 N–H and O–H groups in total. The fraction of sp³-hybridized carbons (Fsp3) is 0. The number of fused-ring (bicyclic) bond motifs is 1. The highest BCUT2D eigenvalue weighted by Gasteiger charge is 1.99. The number of nitrogens with zero attached hydrogens (tertiary/aromatic N) is 6. The average molecular weight is 138 g/mol. The van der Waals surface area contributed by atoms with Crippen LogP contribution in [0.15, 0.2) is 12.5 Å². The van der Waals surface area contributed by atoms with Crippen LogP contribution in [0.1, 0.15) is 0 Å². The second-order valence-corrected chi connectivity index (χ2v) is 1.62. The molecule has 0 saturated carbocycles. The Labute approximate surface area is 54.5 Å². The third kappa shape index (κ3) is 0.569. The SMILES string of the molecule is [O-][n+]1ncn2nncc2n1. The zero-order valence-electron chi connectivity index (χ0n) is 4.75. The Morgan fingerprint density at radius 2 is 2.50 bits per heavy atom. The molecule has 2 aromatic heterocycles. The maximum atomic E-state index is 10.4. The van der Waals surface area contributed by atoms with Crippen LogP contribution >= 0.6 is 0 Å². The lowest BCUT2D eigenvalue weighted by Gasteiger charge is -1.86. The van der Waals surface area contributed by atoms with Crippen LogP contribution in [0.2, 0.25) is 0 Å². The fourth-order valence-electron chi connectivity index (χ4n) is 0.599. The monoisotopic (exact) mass is 138 g/mol. The third-order valence-electron chi connectivity index (χ3n) is 1.00. The molecule has 0 aromatic carbocycles. The predicted molar refractivity (Wildman–Crippen MR) is 27.5 cm³/mol. The molecule has 0 aliphatic carbocycles. The van der Waals surface area contributed by atoms with Crippen molar-refractivity contribution in [2.45, 2.75) is 0 Å². The van der Waals surface area contributed by atoms with Gasteiger partial charge in [0.1, 0.15) is 6.20 Å². The average Bonchev–Trinajstić information content (AvgIpc) is 2.33. The number of rotatable bonds is 0. The minimum atomic E-state index is 0.207. The van der Waals surface area contributed by atoms with Gasteiger partial charge in [-0.25, -0.2) is 0 Å². The predicted octanol–water partition coefficient (Wildman–Crippen LogP) is -1.85.